The number of amides is 2. The summed E-state index contributed by atoms with van der Waals surface area (Å²) in [7, 11) is -4.01. The van der Waals surface area contributed by atoms with Crippen molar-refractivity contribution < 1.29 is 13.2 Å². The highest BCUT2D eigenvalue weighted by Crippen LogP contribution is 2.37. The SMILES string of the molecule is CC1(CN)CCN(c2cnc(Sc3cccc(NC(=O)NS(=O)(=O)c4ccccc4)c3Cl)cn2)CC1. The van der Waals surface area contributed by atoms with Gasteiger partial charge in [0.05, 0.1) is 28.0 Å². The van der Waals surface area contributed by atoms with Crippen LogP contribution >= 0.6 is 23.4 Å². The molecule has 0 atom stereocenters. The number of nitrogens with zero attached hydrogens (tertiary/aromatic N) is 3. The van der Waals surface area contributed by atoms with E-state index in [0.29, 0.717) is 16.5 Å². The number of benzene rings is 2. The summed E-state index contributed by atoms with van der Waals surface area (Å²) in [4.78, 5) is 24.3. The normalized spacial score (nSPS) is 15.4. The Balaban J connectivity index is 1.39. The molecule has 0 unspecified atom stereocenters. The number of rotatable bonds is 7. The van der Waals surface area contributed by atoms with Crippen molar-refractivity contribution in [3.8, 4) is 0 Å². The van der Waals surface area contributed by atoms with Gasteiger partial charge in [0.25, 0.3) is 10.0 Å². The first kappa shape index (κ1) is 26.2. The summed E-state index contributed by atoms with van der Waals surface area (Å²) in [5.74, 6) is 0.816. The zero-order valence-electron chi connectivity index (χ0n) is 19.6. The molecular weight excluding hydrogens is 520 g/mol. The molecule has 1 aromatic heterocycles. The van der Waals surface area contributed by atoms with Gasteiger partial charge in [-0.15, -0.1) is 0 Å². The number of carbonyl (C=O) groups excluding carboxylic acids is 1. The number of halogens is 1. The first-order valence-corrected chi connectivity index (χ1v) is 14.0. The molecule has 4 rings (SSSR count). The van der Waals surface area contributed by atoms with Gasteiger partial charge in [0.1, 0.15) is 10.8 Å². The average Bonchev–Trinajstić information content (AvgIpc) is 2.88. The van der Waals surface area contributed by atoms with Crippen LogP contribution in [0.1, 0.15) is 19.8 Å². The Morgan fingerprint density at radius 2 is 1.83 bits per heavy atom. The Morgan fingerprint density at radius 3 is 2.47 bits per heavy atom. The van der Waals surface area contributed by atoms with Gasteiger partial charge in [-0.25, -0.2) is 27.9 Å². The fourth-order valence-corrected chi connectivity index (χ4v) is 5.73. The molecule has 1 saturated heterocycles. The van der Waals surface area contributed by atoms with E-state index < -0.39 is 16.1 Å². The number of hydrogen-bond donors (Lipinski definition) is 3. The van der Waals surface area contributed by atoms with Gasteiger partial charge in [0.2, 0.25) is 0 Å². The zero-order valence-corrected chi connectivity index (χ0v) is 22.0. The minimum atomic E-state index is -4.01. The van der Waals surface area contributed by atoms with Crippen LogP contribution < -0.4 is 20.7 Å². The van der Waals surface area contributed by atoms with Gasteiger partial charge in [-0.2, -0.15) is 0 Å². The van der Waals surface area contributed by atoms with Gasteiger partial charge in [-0.05, 0) is 49.1 Å². The molecule has 2 heterocycles. The second-order valence-electron chi connectivity index (χ2n) is 8.81. The van der Waals surface area contributed by atoms with Gasteiger partial charge in [0, 0.05) is 18.0 Å². The number of hydrogen-bond acceptors (Lipinski definition) is 8. The standard InChI is InChI=1S/C24H27ClN6O3S2/c1-24(16-26)10-12-31(13-11-24)20-14-28-21(15-27-20)35-19-9-5-8-18(22(19)25)29-23(32)30-36(33,34)17-6-3-2-4-7-17/h2-9,14-15H,10-13,16,26H2,1H3,(H2,29,30,32). The molecule has 0 saturated carbocycles. The molecule has 0 aliphatic carbocycles. The largest absolute Gasteiger partial charge is 0.355 e. The van der Waals surface area contributed by atoms with Crippen LogP contribution in [0.3, 0.4) is 0 Å². The summed E-state index contributed by atoms with van der Waals surface area (Å²) in [6, 6.07) is 11.8. The quantitative estimate of drug-likeness (QED) is 0.398. The van der Waals surface area contributed by atoms with E-state index in [9.17, 15) is 13.2 Å². The Labute approximate surface area is 219 Å². The number of nitrogens with two attached hydrogens (primary N) is 1. The van der Waals surface area contributed by atoms with Gasteiger partial charge in [0.15, 0.2) is 0 Å². The van der Waals surface area contributed by atoms with Crippen molar-refractivity contribution in [2.75, 3.05) is 29.9 Å². The van der Waals surface area contributed by atoms with Gasteiger partial charge in [-0.1, -0.05) is 54.6 Å². The van der Waals surface area contributed by atoms with E-state index in [0.717, 1.165) is 31.7 Å². The fraction of sp³-hybridized carbons (Fsp3) is 0.292. The van der Waals surface area contributed by atoms with Crippen molar-refractivity contribution in [1.29, 1.82) is 0 Å². The second-order valence-corrected chi connectivity index (χ2v) is 11.9. The molecule has 2 aromatic carbocycles. The van der Waals surface area contributed by atoms with Gasteiger partial charge < -0.3 is 16.0 Å². The number of anilines is 2. The van der Waals surface area contributed by atoms with E-state index in [-0.39, 0.29) is 21.0 Å². The smallest absolute Gasteiger partial charge is 0.333 e. The van der Waals surface area contributed by atoms with Crippen LogP contribution in [0.15, 0.2) is 75.7 Å². The summed E-state index contributed by atoms with van der Waals surface area (Å²) in [5, 5.41) is 3.40. The Morgan fingerprint density at radius 1 is 1.11 bits per heavy atom. The summed E-state index contributed by atoms with van der Waals surface area (Å²) >= 11 is 7.80. The van der Waals surface area contributed by atoms with Crippen LogP contribution in [-0.2, 0) is 10.0 Å². The molecule has 36 heavy (non-hydrogen) atoms. The van der Waals surface area contributed by atoms with Crippen LogP contribution in [0.5, 0.6) is 0 Å². The lowest BCUT2D eigenvalue weighted by Crippen LogP contribution is -2.42. The monoisotopic (exact) mass is 546 g/mol. The molecule has 1 aliphatic rings. The molecule has 190 valence electrons. The van der Waals surface area contributed by atoms with Crippen LogP contribution in [0.4, 0.5) is 16.3 Å². The summed E-state index contributed by atoms with van der Waals surface area (Å²) in [6.07, 6.45) is 5.45. The fourth-order valence-electron chi connectivity index (χ4n) is 3.73. The molecule has 1 fully saturated rings. The number of nitrogens with one attached hydrogen (secondary N) is 2. The van der Waals surface area contributed by atoms with E-state index in [4.69, 9.17) is 17.3 Å². The molecule has 0 radical (unpaired) electrons. The summed E-state index contributed by atoms with van der Waals surface area (Å²) in [6.45, 7) is 4.67. The molecule has 3 aromatic rings. The average molecular weight is 547 g/mol. The van der Waals surface area contributed by atoms with E-state index in [1.165, 1.54) is 23.9 Å². The van der Waals surface area contributed by atoms with Crippen molar-refractivity contribution in [2.24, 2.45) is 11.1 Å². The highest BCUT2D eigenvalue weighted by molar-refractivity contribution is 7.99. The lowest BCUT2D eigenvalue weighted by Gasteiger charge is -2.39. The van der Waals surface area contributed by atoms with E-state index in [2.05, 4.69) is 27.1 Å². The maximum absolute atomic E-state index is 12.4. The summed E-state index contributed by atoms with van der Waals surface area (Å²) in [5.41, 5.74) is 6.35. The number of aromatic nitrogens is 2. The minimum absolute atomic E-state index is 0.0180. The van der Waals surface area contributed by atoms with Crippen molar-refractivity contribution in [1.82, 2.24) is 14.7 Å². The van der Waals surface area contributed by atoms with E-state index in [1.807, 2.05) is 4.72 Å². The molecule has 12 heteroatoms. The Bertz CT molecular complexity index is 1320. The number of urea groups is 1. The topological polar surface area (TPSA) is 130 Å². The van der Waals surface area contributed by atoms with Crippen molar-refractivity contribution in [3.05, 3.63) is 65.9 Å². The van der Waals surface area contributed by atoms with Crippen molar-refractivity contribution >= 4 is 50.9 Å². The van der Waals surface area contributed by atoms with Crippen LogP contribution in [0, 0.1) is 5.41 Å². The maximum Gasteiger partial charge on any atom is 0.333 e. The second kappa shape index (κ2) is 11.0. The Hall–Kier alpha value is -2.86. The van der Waals surface area contributed by atoms with Crippen molar-refractivity contribution in [2.45, 2.75) is 34.6 Å². The van der Waals surface area contributed by atoms with Gasteiger partial charge in [-0.3, -0.25) is 0 Å². The molecule has 1 aliphatic heterocycles. The number of carbonyl (C=O) groups is 1. The molecule has 4 N–H and O–H groups in total. The lowest BCUT2D eigenvalue weighted by atomic mass is 9.80. The highest BCUT2D eigenvalue weighted by atomic mass is 35.5. The molecule has 9 nitrogen and oxygen atoms in total. The first-order valence-electron chi connectivity index (χ1n) is 11.3. The van der Waals surface area contributed by atoms with Crippen LogP contribution in [0.2, 0.25) is 5.02 Å². The maximum atomic E-state index is 12.4. The number of sulfonamides is 1. The molecular formula is C24H27ClN6O3S2. The number of piperidine rings is 1. The zero-order chi connectivity index (χ0) is 25.8. The third-order valence-corrected chi connectivity index (χ3v) is 8.95. The Kier molecular flexibility index (Phi) is 8.04. The molecule has 0 bridgehead atoms. The van der Waals surface area contributed by atoms with Crippen LogP contribution in [0.25, 0.3) is 0 Å². The third-order valence-electron chi connectivity index (χ3n) is 6.11. The van der Waals surface area contributed by atoms with Crippen molar-refractivity contribution in [3.63, 3.8) is 0 Å². The lowest BCUT2D eigenvalue weighted by molar-refractivity contribution is 0.256. The minimum Gasteiger partial charge on any atom is -0.355 e. The summed E-state index contributed by atoms with van der Waals surface area (Å²) < 4.78 is 26.7. The predicted octanol–water partition coefficient (Wildman–Crippen LogP) is 4.36. The van der Waals surface area contributed by atoms with E-state index in [1.54, 1.807) is 48.8 Å². The third kappa shape index (κ3) is 6.28. The highest BCUT2D eigenvalue weighted by Gasteiger charge is 2.29. The molecule has 2 amide bonds. The predicted molar refractivity (Wildman–Crippen MR) is 142 cm³/mol. The first-order chi connectivity index (χ1) is 17.2. The van der Waals surface area contributed by atoms with E-state index >= 15 is 0 Å². The van der Waals surface area contributed by atoms with Crippen LogP contribution in [-0.4, -0.2) is 44.1 Å². The van der Waals surface area contributed by atoms with Gasteiger partial charge >= 0.3 is 6.03 Å². The molecule has 0 spiro atoms.